The van der Waals surface area contributed by atoms with Crippen LogP contribution < -0.4 is 5.56 Å². The summed E-state index contributed by atoms with van der Waals surface area (Å²) in [6.45, 7) is 9.72. The minimum atomic E-state index is -2.11. The van der Waals surface area contributed by atoms with E-state index < -0.39 is 8.56 Å². The zero-order valence-corrected chi connectivity index (χ0v) is 14.5. The minimum absolute atomic E-state index is 0.0232. The summed E-state index contributed by atoms with van der Waals surface area (Å²) >= 11 is 5.16. The van der Waals surface area contributed by atoms with Gasteiger partial charge in [-0.1, -0.05) is 0 Å². The zero-order chi connectivity index (χ0) is 15.2. The van der Waals surface area contributed by atoms with Gasteiger partial charge in [0.05, 0.1) is 0 Å². The van der Waals surface area contributed by atoms with E-state index in [0.717, 1.165) is 12.5 Å². The quantitative estimate of drug-likeness (QED) is 0.592. The normalized spacial score (nSPS) is 11.8. The average molecular weight is 316 g/mol. The van der Waals surface area contributed by atoms with Crippen LogP contribution in [-0.4, -0.2) is 31.3 Å². The van der Waals surface area contributed by atoms with Gasteiger partial charge < -0.3 is 13.8 Å². The maximum absolute atomic E-state index is 12.0. The molecule has 20 heavy (non-hydrogen) atoms. The Morgan fingerprint density at radius 1 is 1.35 bits per heavy atom. The van der Waals surface area contributed by atoms with E-state index in [1.54, 1.807) is 17.7 Å². The molecule has 0 fully saturated rings. The summed E-state index contributed by atoms with van der Waals surface area (Å²) in [4.78, 5) is 15.0. The lowest BCUT2D eigenvalue weighted by molar-refractivity contribution is 0.188. The maximum atomic E-state index is 12.0. The molecule has 5 nitrogen and oxygen atoms in total. The Balaban J connectivity index is 2.71. The molecule has 0 aliphatic carbocycles. The summed E-state index contributed by atoms with van der Waals surface area (Å²) in [5, 5.41) is 0. The number of aromatic amines is 1. The highest BCUT2D eigenvalue weighted by molar-refractivity contribution is 7.71. The lowest BCUT2D eigenvalue weighted by atomic mass is 10.4. The van der Waals surface area contributed by atoms with E-state index in [0.29, 0.717) is 30.1 Å². The highest BCUT2D eigenvalue weighted by Gasteiger charge is 2.29. The Hall–Kier alpha value is -0.763. The standard InChI is InChI=1S/C13H24N2O3SSi/c1-5-17-20(4,18-6-2)9-7-8-15-12(16)11(3)10-14-13(15)19/h10H,5-9H2,1-4H3,(H,14,19). The molecule has 1 heterocycles. The van der Waals surface area contributed by atoms with Crippen molar-refractivity contribution in [2.75, 3.05) is 13.2 Å². The summed E-state index contributed by atoms with van der Waals surface area (Å²) in [7, 11) is -2.11. The van der Waals surface area contributed by atoms with Crippen LogP contribution in [0.4, 0.5) is 0 Å². The van der Waals surface area contributed by atoms with Crippen molar-refractivity contribution < 1.29 is 8.85 Å². The Morgan fingerprint density at radius 3 is 2.50 bits per heavy atom. The van der Waals surface area contributed by atoms with Gasteiger partial charge >= 0.3 is 8.56 Å². The van der Waals surface area contributed by atoms with Gasteiger partial charge in [0, 0.05) is 31.5 Å². The number of nitrogens with one attached hydrogen (secondary N) is 1. The van der Waals surface area contributed by atoms with Crippen molar-refractivity contribution in [1.82, 2.24) is 9.55 Å². The molecule has 1 aromatic heterocycles. The third-order valence-corrected chi connectivity index (χ3v) is 6.55. The second-order valence-corrected chi connectivity index (χ2v) is 8.57. The van der Waals surface area contributed by atoms with Gasteiger partial charge in [-0.2, -0.15) is 0 Å². The fraction of sp³-hybridized carbons (Fsp3) is 0.692. The smallest absolute Gasteiger partial charge is 0.334 e. The molecule has 114 valence electrons. The van der Waals surface area contributed by atoms with Crippen LogP contribution >= 0.6 is 12.2 Å². The van der Waals surface area contributed by atoms with Crippen molar-refractivity contribution in [2.45, 2.75) is 46.3 Å². The predicted molar refractivity (Wildman–Crippen MR) is 84.9 cm³/mol. The van der Waals surface area contributed by atoms with Crippen LogP contribution in [-0.2, 0) is 15.4 Å². The van der Waals surface area contributed by atoms with E-state index in [2.05, 4.69) is 11.5 Å². The maximum Gasteiger partial charge on any atom is 0.334 e. The molecule has 1 rings (SSSR count). The third-order valence-electron chi connectivity index (χ3n) is 3.15. The van der Waals surface area contributed by atoms with Crippen LogP contribution in [0.25, 0.3) is 0 Å². The van der Waals surface area contributed by atoms with Crippen molar-refractivity contribution in [1.29, 1.82) is 0 Å². The van der Waals surface area contributed by atoms with Gasteiger partial charge in [0.1, 0.15) is 0 Å². The molecule has 0 aromatic carbocycles. The van der Waals surface area contributed by atoms with Gasteiger partial charge in [-0.15, -0.1) is 0 Å². The van der Waals surface area contributed by atoms with Crippen molar-refractivity contribution in [3.05, 3.63) is 26.9 Å². The van der Waals surface area contributed by atoms with E-state index in [-0.39, 0.29) is 5.56 Å². The van der Waals surface area contributed by atoms with Gasteiger partial charge in [0.25, 0.3) is 5.56 Å². The zero-order valence-electron chi connectivity index (χ0n) is 12.7. The van der Waals surface area contributed by atoms with Gasteiger partial charge in [-0.25, -0.2) is 0 Å². The van der Waals surface area contributed by atoms with Gasteiger partial charge in [0.2, 0.25) is 0 Å². The summed E-state index contributed by atoms with van der Waals surface area (Å²) in [6.07, 6.45) is 2.48. The molecular weight excluding hydrogens is 292 g/mol. The van der Waals surface area contributed by atoms with Crippen LogP contribution in [0.5, 0.6) is 0 Å². The molecular formula is C13H24N2O3SSi. The first-order valence-corrected chi connectivity index (χ1v) is 9.93. The summed E-state index contributed by atoms with van der Waals surface area (Å²) < 4.78 is 13.7. The van der Waals surface area contributed by atoms with E-state index >= 15 is 0 Å². The largest absolute Gasteiger partial charge is 0.395 e. The molecule has 1 aromatic rings. The molecule has 0 aliphatic rings. The Labute approximate surface area is 126 Å². The molecule has 1 N–H and O–H groups in total. The number of H-pyrrole nitrogens is 1. The van der Waals surface area contributed by atoms with Crippen LogP contribution in [0.3, 0.4) is 0 Å². The minimum Gasteiger partial charge on any atom is -0.395 e. The Kier molecular flexibility index (Phi) is 6.80. The topological polar surface area (TPSA) is 56.2 Å². The molecule has 0 radical (unpaired) electrons. The molecule has 0 aliphatic heterocycles. The van der Waals surface area contributed by atoms with Gasteiger partial charge in [-0.3, -0.25) is 9.36 Å². The highest BCUT2D eigenvalue weighted by Crippen LogP contribution is 2.16. The van der Waals surface area contributed by atoms with Crippen LogP contribution in [0.2, 0.25) is 12.6 Å². The van der Waals surface area contributed by atoms with E-state index in [9.17, 15) is 4.79 Å². The highest BCUT2D eigenvalue weighted by atomic mass is 32.1. The SMILES string of the molecule is CCO[Si](C)(CCCn1c(=S)[nH]cc(C)c1=O)OCC. The van der Waals surface area contributed by atoms with Gasteiger partial charge in [0.15, 0.2) is 4.77 Å². The molecule has 0 atom stereocenters. The molecule has 7 heteroatoms. The first-order chi connectivity index (χ1) is 9.43. The second kappa shape index (κ2) is 7.87. The second-order valence-electron chi connectivity index (χ2n) is 4.84. The number of hydrogen-bond donors (Lipinski definition) is 1. The number of nitrogens with zero attached hydrogens (tertiary/aromatic N) is 1. The fourth-order valence-electron chi connectivity index (χ4n) is 2.17. The average Bonchev–Trinajstić information content (AvgIpc) is 2.39. The molecule has 0 amide bonds. The number of rotatable bonds is 8. The summed E-state index contributed by atoms with van der Waals surface area (Å²) in [6, 6.07) is 0.851. The molecule has 0 unspecified atom stereocenters. The van der Waals surface area contributed by atoms with Crippen molar-refractivity contribution in [3.63, 3.8) is 0 Å². The lowest BCUT2D eigenvalue weighted by Crippen LogP contribution is -2.39. The number of aryl methyl sites for hydroxylation is 1. The van der Waals surface area contributed by atoms with Crippen molar-refractivity contribution in [3.8, 4) is 0 Å². The van der Waals surface area contributed by atoms with Crippen LogP contribution in [0.15, 0.2) is 11.0 Å². The van der Waals surface area contributed by atoms with E-state index in [1.165, 1.54) is 0 Å². The number of aromatic nitrogens is 2. The predicted octanol–water partition coefficient (Wildman–Crippen LogP) is 2.75. The van der Waals surface area contributed by atoms with Crippen molar-refractivity contribution in [2.24, 2.45) is 0 Å². The Bertz CT molecular complexity index is 535. The van der Waals surface area contributed by atoms with Crippen LogP contribution in [0, 0.1) is 11.7 Å². The first kappa shape index (κ1) is 17.3. The Morgan fingerprint density at radius 2 is 1.95 bits per heavy atom. The number of hydrogen-bond acceptors (Lipinski definition) is 4. The fourth-order valence-corrected chi connectivity index (χ4v) is 4.80. The lowest BCUT2D eigenvalue weighted by Gasteiger charge is -2.26. The van der Waals surface area contributed by atoms with E-state index in [4.69, 9.17) is 21.1 Å². The van der Waals surface area contributed by atoms with E-state index in [1.807, 2.05) is 13.8 Å². The third kappa shape index (κ3) is 4.66. The van der Waals surface area contributed by atoms with Gasteiger partial charge in [-0.05, 0) is 52.0 Å². The molecule has 0 saturated carbocycles. The molecule has 0 saturated heterocycles. The monoisotopic (exact) mass is 316 g/mol. The van der Waals surface area contributed by atoms with Crippen LogP contribution in [0.1, 0.15) is 25.8 Å². The first-order valence-electron chi connectivity index (χ1n) is 7.00. The summed E-state index contributed by atoms with van der Waals surface area (Å²) in [5.41, 5.74) is 0.651. The summed E-state index contributed by atoms with van der Waals surface area (Å²) in [5.74, 6) is 0. The van der Waals surface area contributed by atoms with Crippen molar-refractivity contribution >= 4 is 20.8 Å². The molecule has 0 spiro atoms. The molecule has 0 bridgehead atoms.